The molecule has 0 radical (unpaired) electrons. The molecule has 6 heteroatoms. The van der Waals surface area contributed by atoms with Gasteiger partial charge < -0.3 is 0 Å². The summed E-state index contributed by atoms with van der Waals surface area (Å²) in [6.45, 7) is 3.89. The Balaban J connectivity index is 1.94. The van der Waals surface area contributed by atoms with Gasteiger partial charge in [-0.3, -0.25) is 9.36 Å². The van der Waals surface area contributed by atoms with Gasteiger partial charge in [0.05, 0.1) is 11.1 Å². The van der Waals surface area contributed by atoms with Crippen molar-refractivity contribution >= 4 is 44.9 Å². The molecule has 0 amide bonds. The largest absolute Gasteiger partial charge is 0.268 e. The van der Waals surface area contributed by atoms with Crippen LogP contribution in [0.2, 0.25) is 0 Å². The molecule has 0 unspecified atom stereocenters. The lowest BCUT2D eigenvalue weighted by Crippen LogP contribution is -2.22. The second-order valence-electron chi connectivity index (χ2n) is 6.51. The van der Waals surface area contributed by atoms with Gasteiger partial charge in [-0.2, -0.15) is 0 Å². The zero-order valence-electron chi connectivity index (χ0n) is 14.7. The average molecular weight is 403 g/mol. The number of rotatable bonds is 4. The molecule has 0 fully saturated rings. The van der Waals surface area contributed by atoms with Crippen molar-refractivity contribution in [3.63, 3.8) is 0 Å². The zero-order valence-corrected chi connectivity index (χ0v) is 17.1. The lowest BCUT2D eigenvalue weighted by atomic mass is 10.2. The Morgan fingerprint density at radius 1 is 1.42 bits per heavy atom. The van der Waals surface area contributed by atoms with E-state index >= 15 is 0 Å². The predicted molar refractivity (Wildman–Crippen MR) is 112 cm³/mol. The van der Waals surface area contributed by atoms with E-state index in [-0.39, 0.29) is 5.56 Å². The van der Waals surface area contributed by atoms with E-state index in [0.29, 0.717) is 5.75 Å². The summed E-state index contributed by atoms with van der Waals surface area (Å²) in [7, 11) is 0. The molecule has 2 heterocycles. The van der Waals surface area contributed by atoms with Crippen LogP contribution in [0.4, 0.5) is 0 Å². The van der Waals surface area contributed by atoms with Crippen LogP contribution in [0.15, 0.2) is 45.3 Å². The van der Waals surface area contributed by atoms with E-state index in [4.69, 9.17) is 16.6 Å². The van der Waals surface area contributed by atoms with Gasteiger partial charge >= 0.3 is 0 Å². The lowest BCUT2D eigenvalue weighted by Gasteiger charge is -2.12. The van der Waals surface area contributed by atoms with Gasteiger partial charge in [0.25, 0.3) is 5.56 Å². The highest BCUT2D eigenvalue weighted by Gasteiger charge is 2.23. The standard InChI is InChI=1S/C20H19ClN2OS2/c1-12-5-3-6-14(11-12)23-19(24)17-15-7-4-8-16(15)26-18(17)22-20(23)25-10-9-13(2)21/h3,5-6,9,11H,4,7-8,10H2,1-2H3/b13-9+. The lowest BCUT2D eigenvalue weighted by molar-refractivity contribution is 0.820. The molecule has 4 rings (SSSR count). The SMILES string of the molecule is C/C(Cl)=C\CSc1nc2sc3c(c2c(=O)n1-c1cccc(C)c1)CCC3. The van der Waals surface area contributed by atoms with Gasteiger partial charge in [-0.05, 0) is 56.4 Å². The molecule has 3 nitrogen and oxygen atoms in total. The molecule has 3 aromatic rings. The fourth-order valence-electron chi connectivity index (χ4n) is 3.35. The number of nitrogens with zero attached hydrogens (tertiary/aromatic N) is 2. The third-order valence-corrected chi connectivity index (χ3v) is 6.75. The van der Waals surface area contributed by atoms with Crippen LogP contribution in [-0.2, 0) is 12.8 Å². The van der Waals surface area contributed by atoms with Gasteiger partial charge in [0.2, 0.25) is 0 Å². The normalized spacial score (nSPS) is 14.2. The first kappa shape index (κ1) is 17.8. The van der Waals surface area contributed by atoms with Crippen molar-refractivity contribution in [3.8, 4) is 5.69 Å². The van der Waals surface area contributed by atoms with Crippen molar-refractivity contribution in [2.75, 3.05) is 5.75 Å². The minimum atomic E-state index is 0.0501. The highest BCUT2D eigenvalue weighted by atomic mass is 35.5. The first-order valence-electron chi connectivity index (χ1n) is 8.64. The van der Waals surface area contributed by atoms with Crippen LogP contribution in [0.1, 0.15) is 29.3 Å². The number of thiophene rings is 1. The van der Waals surface area contributed by atoms with Gasteiger partial charge in [0.1, 0.15) is 4.83 Å². The Labute approximate surface area is 165 Å². The fourth-order valence-corrected chi connectivity index (χ4v) is 5.78. The summed E-state index contributed by atoms with van der Waals surface area (Å²) < 4.78 is 1.77. The van der Waals surface area contributed by atoms with Crippen molar-refractivity contribution < 1.29 is 0 Å². The molecule has 1 aromatic carbocycles. The molecule has 0 bridgehead atoms. The maximum Gasteiger partial charge on any atom is 0.267 e. The molecule has 2 aromatic heterocycles. The molecular weight excluding hydrogens is 384 g/mol. The molecule has 1 aliphatic rings. The zero-order chi connectivity index (χ0) is 18.3. The van der Waals surface area contributed by atoms with Crippen LogP contribution in [-0.4, -0.2) is 15.3 Å². The first-order valence-corrected chi connectivity index (χ1v) is 10.8. The molecule has 0 saturated carbocycles. The molecule has 0 N–H and O–H groups in total. The van der Waals surface area contributed by atoms with Crippen LogP contribution in [0.3, 0.4) is 0 Å². The van der Waals surface area contributed by atoms with Gasteiger partial charge in [0, 0.05) is 15.7 Å². The number of thioether (sulfide) groups is 1. The Hall–Kier alpha value is -1.56. The van der Waals surface area contributed by atoms with Crippen LogP contribution >= 0.6 is 34.7 Å². The summed E-state index contributed by atoms with van der Waals surface area (Å²) in [6.07, 6.45) is 5.13. The van der Waals surface area contributed by atoms with Gasteiger partial charge in [-0.1, -0.05) is 41.6 Å². The van der Waals surface area contributed by atoms with E-state index < -0.39 is 0 Å². The van der Waals surface area contributed by atoms with Crippen LogP contribution in [0.25, 0.3) is 15.9 Å². The van der Waals surface area contributed by atoms with Gasteiger partial charge in [0.15, 0.2) is 5.16 Å². The number of aromatic nitrogens is 2. The monoisotopic (exact) mass is 402 g/mol. The molecule has 0 saturated heterocycles. The summed E-state index contributed by atoms with van der Waals surface area (Å²) in [5, 5.41) is 2.29. The number of halogens is 1. The van der Waals surface area contributed by atoms with Crippen LogP contribution in [0.5, 0.6) is 0 Å². The van der Waals surface area contributed by atoms with Crippen molar-refractivity contribution in [1.29, 1.82) is 0 Å². The number of aryl methyl sites for hydroxylation is 3. The summed E-state index contributed by atoms with van der Waals surface area (Å²) in [5.41, 5.74) is 3.26. The molecular formula is C20H19ClN2OS2. The quantitative estimate of drug-likeness (QED) is 0.428. The van der Waals surface area contributed by atoms with E-state index in [1.807, 2.05) is 44.2 Å². The van der Waals surface area contributed by atoms with E-state index in [9.17, 15) is 4.79 Å². The molecule has 0 aliphatic heterocycles. The predicted octanol–water partition coefficient (Wildman–Crippen LogP) is 5.48. The second kappa shape index (κ2) is 7.22. The summed E-state index contributed by atoms with van der Waals surface area (Å²) in [6, 6.07) is 8.03. The summed E-state index contributed by atoms with van der Waals surface area (Å²) in [4.78, 5) is 20.5. The molecule has 26 heavy (non-hydrogen) atoms. The number of hydrogen-bond donors (Lipinski definition) is 0. The highest BCUT2D eigenvalue weighted by Crippen LogP contribution is 2.36. The topological polar surface area (TPSA) is 34.9 Å². The molecule has 0 atom stereocenters. The van der Waals surface area contributed by atoms with E-state index in [1.54, 1.807) is 27.7 Å². The third-order valence-electron chi connectivity index (χ3n) is 4.55. The summed E-state index contributed by atoms with van der Waals surface area (Å²) in [5.74, 6) is 0.685. The Morgan fingerprint density at radius 3 is 3.04 bits per heavy atom. The molecule has 0 spiro atoms. The third kappa shape index (κ3) is 3.24. The van der Waals surface area contributed by atoms with Crippen molar-refractivity contribution in [2.45, 2.75) is 38.3 Å². The van der Waals surface area contributed by atoms with Crippen molar-refractivity contribution in [2.24, 2.45) is 0 Å². The van der Waals surface area contributed by atoms with Gasteiger partial charge in [-0.15, -0.1) is 11.3 Å². The highest BCUT2D eigenvalue weighted by molar-refractivity contribution is 7.99. The maximum absolute atomic E-state index is 13.5. The molecule has 1 aliphatic carbocycles. The number of hydrogen-bond acceptors (Lipinski definition) is 4. The number of fused-ring (bicyclic) bond motifs is 3. The Bertz CT molecular complexity index is 1080. The van der Waals surface area contributed by atoms with Crippen molar-refractivity contribution in [1.82, 2.24) is 9.55 Å². The summed E-state index contributed by atoms with van der Waals surface area (Å²) >= 11 is 9.19. The van der Waals surface area contributed by atoms with E-state index in [0.717, 1.165) is 50.9 Å². The van der Waals surface area contributed by atoms with E-state index in [2.05, 4.69) is 0 Å². The first-order chi connectivity index (χ1) is 12.5. The van der Waals surface area contributed by atoms with Crippen LogP contribution in [0, 0.1) is 6.92 Å². The number of benzene rings is 1. The number of allylic oxidation sites excluding steroid dienone is 1. The minimum absolute atomic E-state index is 0.0501. The van der Waals surface area contributed by atoms with Gasteiger partial charge in [-0.25, -0.2) is 4.98 Å². The van der Waals surface area contributed by atoms with E-state index in [1.165, 1.54) is 10.4 Å². The molecule has 134 valence electrons. The average Bonchev–Trinajstić information content (AvgIpc) is 3.15. The van der Waals surface area contributed by atoms with Crippen molar-refractivity contribution in [3.05, 3.63) is 61.7 Å². The Morgan fingerprint density at radius 2 is 2.27 bits per heavy atom. The minimum Gasteiger partial charge on any atom is -0.268 e. The second-order valence-corrected chi connectivity index (χ2v) is 9.18. The Kier molecular flexibility index (Phi) is 4.95. The smallest absolute Gasteiger partial charge is 0.267 e. The fraction of sp³-hybridized carbons (Fsp3) is 0.300. The maximum atomic E-state index is 13.5. The van der Waals surface area contributed by atoms with Crippen LogP contribution < -0.4 is 5.56 Å².